The fourth-order valence-electron chi connectivity index (χ4n) is 13.7. The van der Waals surface area contributed by atoms with Crippen LogP contribution in [0.25, 0.3) is 0 Å². The number of rotatable bonds is 62. The SMILES string of the molecule is CC(C)C(=O)OCC[N+](C)(C)C.CCCCC(=O)OCC[N+](CC)(CC)CC.CCCCC(=O)OCC[N+](CC)(CCC)CCC.CCCCC(=O)OCC[N+](CC)(CCC)CCCC.CCCC[N+](CC)(CCC)CCOC(=O)C(C)C.CCC[N+](CC)(CCC)CCOC(=O)C(C)C.CC[N+](CC)(CC)CCOC(=O)C(C)C. The molecule has 21 nitrogen and oxygen atoms in total. The highest BCUT2D eigenvalue weighted by Crippen LogP contribution is 2.17. The van der Waals surface area contributed by atoms with E-state index in [0.29, 0.717) is 65.5 Å². The number of likely N-dealkylation sites (N-methyl/N-ethyl adjacent to an activating group) is 7. The Hall–Kier alpha value is -3.99. The minimum absolute atomic E-state index is 0.0162. The number of hydrogen-bond acceptors (Lipinski definition) is 14. The summed E-state index contributed by atoms with van der Waals surface area (Å²) in [5.41, 5.74) is 0. The maximum atomic E-state index is 11.5. The summed E-state index contributed by atoms with van der Waals surface area (Å²) in [6, 6.07) is 0. The average molecular weight is 1650 g/mol. The molecular weight excluding hydrogens is 1450 g/mol. The van der Waals surface area contributed by atoms with Crippen molar-refractivity contribution in [3.05, 3.63) is 0 Å². The molecule has 0 aromatic carbocycles. The van der Waals surface area contributed by atoms with Crippen molar-refractivity contribution in [3.63, 3.8) is 0 Å². The number of carbonyl (C=O) groups excluding carboxylic acids is 7. The van der Waals surface area contributed by atoms with Gasteiger partial charge >= 0.3 is 41.8 Å². The number of nitrogens with zero attached hydrogens (tertiary/aromatic N) is 7. The van der Waals surface area contributed by atoms with Gasteiger partial charge in [0.15, 0.2) is 0 Å². The van der Waals surface area contributed by atoms with E-state index in [1.54, 1.807) is 0 Å². The number of hydrogen-bond donors (Lipinski definition) is 0. The van der Waals surface area contributed by atoms with Crippen molar-refractivity contribution in [2.45, 2.75) is 323 Å². The van der Waals surface area contributed by atoms with Gasteiger partial charge in [0.05, 0.1) is 163 Å². The van der Waals surface area contributed by atoms with Gasteiger partial charge in [-0.05, 0) is 140 Å². The first kappa shape index (κ1) is 124. The predicted octanol–water partition coefficient (Wildman–Crippen LogP) is 18.8. The first-order valence-corrected chi connectivity index (χ1v) is 47.3. The molecule has 2 unspecified atom stereocenters. The van der Waals surface area contributed by atoms with Gasteiger partial charge in [0, 0.05) is 19.3 Å². The smallest absolute Gasteiger partial charge is 0.308 e. The first-order chi connectivity index (χ1) is 54.3. The zero-order valence-corrected chi connectivity index (χ0v) is 82.7. The van der Waals surface area contributed by atoms with E-state index in [2.05, 4.69) is 167 Å². The molecule has 115 heavy (non-hydrogen) atoms. The molecule has 0 aromatic heterocycles. The molecule has 0 bridgehead atoms. The van der Waals surface area contributed by atoms with E-state index in [0.717, 1.165) is 181 Å². The molecular formula is C94H202N7O14+7. The van der Waals surface area contributed by atoms with Crippen molar-refractivity contribution >= 4 is 41.8 Å². The molecule has 0 heterocycles. The third-order valence-corrected chi connectivity index (χ3v) is 22.9. The van der Waals surface area contributed by atoms with Crippen LogP contribution in [0.1, 0.15) is 323 Å². The zero-order valence-electron chi connectivity index (χ0n) is 82.7. The maximum absolute atomic E-state index is 11.5. The van der Waals surface area contributed by atoms with Gasteiger partial charge in [-0.1, -0.05) is 164 Å². The molecule has 21 heteroatoms. The second-order valence-electron chi connectivity index (χ2n) is 34.3. The molecule has 0 saturated carbocycles. The summed E-state index contributed by atoms with van der Waals surface area (Å²) in [5, 5.41) is 0. The molecule has 2 atom stereocenters. The van der Waals surface area contributed by atoms with E-state index in [1.165, 1.54) is 117 Å². The summed E-state index contributed by atoms with van der Waals surface area (Å²) in [7, 11) is 6.22. The molecule has 0 amide bonds. The monoisotopic (exact) mass is 1650 g/mol. The van der Waals surface area contributed by atoms with Crippen LogP contribution in [0, 0.1) is 23.7 Å². The lowest BCUT2D eigenvalue weighted by molar-refractivity contribution is -0.927. The lowest BCUT2D eigenvalue weighted by Crippen LogP contribution is -2.51. The van der Waals surface area contributed by atoms with Crippen LogP contribution in [0.5, 0.6) is 0 Å². The highest BCUT2D eigenvalue weighted by Gasteiger charge is 2.29. The van der Waals surface area contributed by atoms with E-state index in [-0.39, 0.29) is 65.5 Å². The fourth-order valence-corrected chi connectivity index (χ4v) is 13.7. The Morgan fingerprint density at radius 2 is 0.365 bits per heavy atom. The number of ether oxygens (including phenoxy) is 7. The second-order valence-corrected chi connectivity index (χ2v) is 34.3. The van der Waals surface area contributed by atoms with Gasteiger partial charge in [-0.15, -0.1) is 0 Å². The summed E-state index contributed by atoms with van der Waals surface area (Å²) in [6.45, 7) is 92.4. The van der Waals surface area contributed by atoms with Crippen LogP contribution in [-0.4, -0.2) is 304 Å². The van der Waals surface area contributed by atoms with Gasteiger partial charge in [-0.25, -0.2) is 0 Å². The number of quaternary nitrogens is 7. The highest BCUT2D eigenvalue weighted by atomic mass is 16.6. The van der Waals surface area contributed by atoms with Crippen molar-refractivity contribution in [2.75, 3.05) is 231 Å². The third kappa shape index (κ3) is 68.4. The largest absolute Gasteiger partial charge is 0.460 e. The van der Waals surface area contributed by atoms with Crippen LogP contribution in [0.3, 0.4) is 0 Å². The third-order valence-electron chi connectivity index (χ3n) is 22.9. The normalized spacial score (nSPS) is 12.6. The van der Waals surface area contributed by atoms with Crippen molar-refractivity contribution in [3.8, 4) is 0 Å². The summed E-state index contributed by atoms with van der Waals surface area (Å²) >= 11 is 0. The maximum Gasteiger partial charge on any atom is 0.308 e. The van der Waals surface area contributed by atoms with E-state index >= 15 is 0 Å². The quantitative estimate of drug-likeness (QED) is 0.0318. The van der Waals surface area contributed by atoms with Crippen LogP contribution < -0.4 is 0 Å². The molecule has 0 fully saturated rings. The van der Waals surface area contributed by atoms with Crippen LogP contribution in [0.2, 0.25) is 0 Å². The van der Waals surface area contributed by atoms with E-state index < -0.39 is 0 Å². The second kappa shape index (κ2) is 78.5. The number of unbranched alkanes of at least 4 members (excludes halogenated alkanes) is 5. The first-order valence-electron chi connectivity index (χ1n) is 47.3. The minimum atomic E-state index is -0.108. The molecule has 0 aromatic rings. The number of esters is 7. The predicted molar refractivity (Wildman–Crippen MR) is 484 cm³/mol. The molecule has 0 rings (SSSR count). The van der Waals surface area contributed by atoms with E-state index in [1.807, 2.05) is 55.4 Å². The van der Waals surface area contributed by atoms with Gasteiger partial charge < -0.3 is 64.5 Å². The van der Waals surface area contributed by atoms with Gasteiger partial charge in [0.1, 0.15) is 92.1 Å². The van der Waals surface area contributed by atoms with Gasteiger partial charge in [0.25, 0.3) is 0 Å². The topological polar surface area (TPSA) is 184 Å². The average Bonchev–Trinajstić information content (AvgIpc) is 0.906. The van der Waals surface area contributed by atoms with E-state index in [4.69, 9.17) is 33.2 Å². The van der Waals surface area contributed by atoms with Crippen LogP contribution in [0.15, 0.2) is 0 Å². The summed E-state index contributed by atoms with van der Waals surface area (Å²) in [6.07, 6.45) is 19.8. The molecule has 0 N–H and O–H groups in total. The Kier molecular flexibility index (Phi) is 84.8. The minimum Gasteiger partial charge on any atom is -0.460 e. The van der Waals surface area contributed by atoms with Crippen molar-refractivity contribution < 1.29 is 98.1 Å². The number of carbonyl (C=O) groups is 7. The van der Waals surface area contributed by atoms with E-state index in [9.17, 15) is 33.6 Å². The Morgan fingerprint density at radius 1 is 0.200 bits per heavy atom. The van der Waals surface area contributed by atoms with Crippen LogP contribution in [0.4, 0.5) is 0 Å². The molecule has 0 saturated heterocycles. The summed E-state index contributed by atoms with van der Waals surface area (Å²) < 4.78 is 44.1. The Bertz CT molecular complexity index is 2250. The fraction of sp³-hybridized carbons (Fsp3) is 0.926. The molecule has 0 radical (unpaired) electrons. The molecule has 0 aliphatic carbocycles. The summed E-state index contributed by atoms with van der Waals surface area (Å²) in [5.74, 6) is -0.505. The van der Waals surface area contributed by atoms with Gasteiger partial charge in [0.2, 0.25) is 0 Å². The molecule has 0 aliphatic heterocycles. The highest BCUT2D eigenvalue weighted by molar-refractivity contribution is 5.73. The Balaban J connectivity index is -0.000000238. The summed E-state index contributed by atoms with van der Waals surface area (Å²) in [4.78, 5) is 79.4. The zero-order chi connectivity index (χ0) is 89.9. The van der Waals surface area contributed by atoms with Gasteiger partial charge in [-0.2, -0.15) is 0 Å². The lowest BCUT2D eigenvalue weighted by Gasteiger charge is -2.37. The van der Waals surface area contributed by atoms with Crippen LogP contribution >= 0.6 is 0 Å². The van der Waals surface area contributed by atoms with Crippen molar-refractivity contribution in [1.29, 1.82) is 0 Å². The lowest BCUT2D eigenvalue weighted by atomic mass is 10.2. The van der Waals surface area contributed by atoms with Crippen molar-refractivity contribution in [2.24, 2.45) is 23.7 Å². The van der Waals surface area contributed by atoms with Crippen molar-refractivity contribution in [1.82, 2.24) is 0 Å². The molecule has 0 spiro atoms. The standard InChI is InChI=1S/C16H34NO2.2C15H32NO2.C14H30NO2.C13H28NO2.C12H26NO2.C9H20NO2/c1-5-9-11-16(18)19-15-14-17(8-4,12-7-3)13-10-6-2;1-6-9-11-16(8-3,10-7-2)12-13-18-15(17)14(4)5;1-5-9-10-15(17)18-14-13-16(8-4,11-6-2)12-7-3;1-6-9-15(8-3,10-7-2)11-12-17-14(16)13(4)5;1-5-9-10-13(15)16-12-11-14(6-2,7-3)8-4;1-6-13(7-2,8-3)9-10-15-12(14)11(4)5;1-8(2)9(11)12-7-6-10(3,4)5/h5-15H2,1-4H3;14H,6-13H2,1-5H3;5-14H2,1-4H3;13H,6-12H2,1-5H3;5-12H2,1-4H3;11H,6-10H2,1-5H3;8H,6-7H2,1-5H3/q7*+1. The van der Waals surface area contributed by atoms with Crippen LogP contribution in [-0.2, 0) is 66.7 Å². The Labute approximate surface area is 713 Å². The molecule has 0 aliphatic rings. The van der Waals surface area contributed by atoms with Gasteiger partial charge in [-0.3, -0.25) is 33.6 Å². The molecule has 690 valence electrons. The Morgan fingerprint density at radius 3 is 0.522 bits per heavy atom.